The molecule has 0 saturated heterocycles. The molecule has 0 atom stereocenters. The lowest BCUT2D eigenvalue weighted by atomic mass is 9.86. The van der Waals surface area contributed by atoms with Gasteiger partial charge in [-0.2, -0.15) is 0 Å². The van der Waals surface area contributed by atoms with Gasteiger partial charge in [-0.15, -0.1) is 0 Å². The highest BCUT2D eigenvalue weighted by Gasteiger charge is 2.26. The van der Waals surface area contributed by atoms with Gasteiger partial charge in [0.25, 0.3) is 0 Å². The molecule has 0 radical (unpaired) electrons. The van der Waals surface area contributed by atoms with Crippen LogP contribution in [-0.4, -0.2) is 44.0 Å². The summed E-state index contributed by atoms with van der Waals surface area (Å²) in [5.41, 5.74) is 0. The molecule has 0 unspecified atom stereocenters. The Morgan fingerprint density at radius 3 is 2.43 bits per heavy atom. The fraction of sp³-hybridized carbons (Fsp3) is 0.500. The van der Waals surface area contributed by atoms with Gasteiger partial charge in [-0.3, -0.25) is 0 Å². The fourth-order valence-electron chi connectivity index (χ4n) is 2.17. The Labute approximate surface area is 124 Å². The van der Waals surface area contributed by atoms with Crippen LogP contribution in [0.1, 0.15) is 19.3 Å². The van der Waals surface area contributed by atoms with E-state index in [4.69, 9.17) is 9.84 Å². The molecule has 1 N–H and O–H groups in total. The van der Waals surface area contributed by atoms with Gasteiger partial charge in [0.1, 0.15) is 5.75 Å². The molecule has 1 aromatic carbocycles. The van der Waals surface area contributed by atoms with Gasteiger partial charge in [-0.05, 0) is 43.0 Å². The van der Waals surface area contributed by atoms with E-state index >= 15 is 0 Å². The number of carboxylic acid groups (broad SMARTS) is 1. The van der Waals surface area contributed by atoms with Gasteiger partial charge in [0.2, 0.25) is 10.0 Å². The van der Waals surface area contributed by atoms with E-state index in [0.717, 1.165) is 12.8 Å². The van der Waals surface area contributed by atoms with Crippen molar-refractivity contribution in [3.8, 4) is 5.75 Å². The Morgan fingerprint density at radius 1 is 1.33 bits per heavy atom. The standard InChI is InChI=1S/C14H19NO5S/c1-15(9-11-3-2-4-11)21(18,19)13-7-5-12(6-8-13)20-10-14(16)17/h5-8,11H,2-4,9-10H2,1H3,(H,16,17). The summed E-state index contributed by atoms with van der Waals surface area (Å²) in [6.45, 7) is 0.0906. The van der Waals surface area contributed by atoms with Gasteiger partial charge in [0.05, 0.1) is 4.90 Å². The third kappa shape index (κ3) is 3.95. The highest BCUT2D eigenvalue weighted by Crippen LogP contribution is 2.28. The van der Waals surface area contributed by atoms with Gasteiger partial charge in [0.15, 0.2) is 6.61 Å². The average molecular weight is 313 g/mol. The maximum atomic E-state index is 12.4. The summed E-state index contributed by atoms with van der Waals surface area (Å²) >= 11 is 0. The molecule has 7 heteroatoms. The first-order valence-corrected chi connectivity index (χ1v) is 8.24. The second kappa shape index (κ2) is 6.44. The van der Waals surface area contributed by atoms with E-state index in [9.17, 15) is 13.2 Å². The largest absolute Gasteiger partial charge is 0.482 e. The second-order valence-electron chi connectivity index (χ2n) is 5.24. The number of aliphatic carboxylic acids is 1. The van der Waals surface area contributed by atoms with Gasteiger partial charge >= 0.3 is 5.97 Å². The highest BCUT2D eigenvalue weighted by molar-refractivity contribution is 7.89. The number of ether oxygens (including phenoxy) is 1. The Bertz CT molecular complexity index is 592. The molecule has 0 heterocycles. The summed E-state index contributed by atoms with van der Waals surface area (Å²) in [6.07, 6.45) is 3.35. The maximum absolute atomic E-state index is 12.4. The van der Waals surface area contributed by atoms with E-state index in [2.05, 4.69) is 0 Å². The molecular formula is C14H19NO5S. The maximum Gasteiger partial charge on any atom is 0.341 e. The summed E-state index contributed by atoms with van der Waals surface area (Å²) < 4.78 is 31.1. The fourth-order valence-corrected chi connectivity index (χ4v) is 3.42. The third-order valence-corrected chi connectivity index (χ3v) is 5.47. The molecule has 21 heavy (non-hydrogen) atoms. The molecule has 1 aliphatic rings. The number of rotatable bonds is 7. The molecule has 1 fully saturated rings. The van der Waals surface area contributed by atoms with E-state index in [1.165, 1.54) is 35.0 Å². The van der Waals surface area contributed by atoms with Crippen molar-refractivity contribution < 1.29 is 23.1 Å². The van der Waals surface area contributed by atoms with Crippen molar-refractivity contribution in [3.05, 3.63) is 24.3 Å². The van der Waals surface area contributed by atoms with Crippen LogP contribution in [-0.2, 0) is 14.8 Å². The number of carbonyl (C=O) groups is 1. The van der Waals surface area contributed by atoms with Crippen molar-refractivity contribution in [1.82, 2.24) is 4.31 Å². The second-order valence-corrected chi connectivity index (χ2v) is 7.28. The molecule has 0 amide bonds. The smallest absolute Gasteiger partial charge is 0.341 e. The van der Waals surface area contributed by atoms with E-state index in [0.29, 0.717) is 18.2 Å². The predicted octanol–water partition coefficient (Wildman–Crippen LogP) is 1.57. The van der Waals surface area contributed by atoms with Gasteiger partial charge in [-0.25, -0.2) is 17.5 Å². The van der Waals surface area contributed by atoms with Crippen molar-refractivity contribution in [2.75, 3.05) is 20.2 Å². The van der Waals surface area contributed by atoms with Crippen molar-refractivity contribution in [2.24, 2.45) is 5.92 Å². The zero-order valence-corrected chi connectivity index (χ0v) is 12.7. The molecule has 0 bridgehead atoms. The molecule has 6 nitrogen and oxygen atoms in total. The van der Waals surface area contributed by atoms with Crippen molar-refractivity contribution >= 4 is 16.0 Å². The average Bonchev–Trinajstić information content (AvgIpc) is 2.40. The van der Waals surface area contributed by atoms with Gasteiger partial charge < -0.3 is 9.84 Å². The van der Waals surface area contributed by atoms with Gasteiger partial charge in [-0.1, -0.05) is 6.42 Å². The van der Waals surface area contributed by atoms with Crippen LogP contribution in [0.2, 0.25) is 0 Å². The first kappa shape index (κ1) is 15.8. The lowest BCUT2D eigenvalue weighted by Crippen LogP contribution is -2.34. The normalized spacial score (nSPS) is 15.7. The van der Waals surface area contributed by atoms with Crippen LogP contribution in [0.3, 0.4) is 0 Å². The molecular weight excluding hydrogens is 294 g/mol. The molecule has 116 valence electrons. The lowest BCUT2D eigenvalue weighted by molar-refractivity contribution is -0.139. The summed E-state index contributed by atoms with van der Waals surface area (Å²) in [4.78, 5) is 10.6. The molecule has 1 aliphatic carbocycles. The Morgan fingerprint density at radius 2 is 1.95 bits per heavy atom. The number of benzene rings is 1. The minimum Gasteiger partial charge on any atom is -0.482 e. The van der Waals surface area contributed by atoms with Crippen LogP contribution in [0, 0.1) is 5.92 Å². The Hall–Kier alpha value is -1.60. The van der Waals surface area contributed by atoms with E-state index < -0.39 is 22.6 Å². The summed E-state index contributed by atoms with van der Waals surface area (Å²) in [6, 6.07) is 5.80. The van der Waals surface area contributed by atoms with Crippen LogP contribution in [0.15, 0.2) is 29.2 Å². The van der Waals surface area contributed by atoms with Crippen molar-refractivity contribution in [1.29, 1.82) is 0 Å². The van der Waals surface area contributed by atoms with Crippen LogP contribution in [0.4, 0.5) is 0 Å². The zero-order chi connectivity index (χ0) is 15.5. The summed E-state index contributed by atoms with van der Waals surface area (Å²) in [7, 11) is -1.91. The topological polar surface area (TPSA) is 83.9 Å². The molecule has 0 aliphatic heterocycles. The molecule has 0 spiro atoms. The Kier molecular flexibility index (Phi) is 4.84. The Balaban J connectivity index is 2.03. The summed E-state index contributed by atoms with van der Waals surface area (Å²) in [5, 5.41) is 8.52. The number of sulfonamides is 1. The van der Waals surface area contributed by atoms with Crippen LogP contribution in [0.25, 0.3) is 0 Å². The minimum absolute atomic E-state index is 0.187. The number of hydrogen-bond acceptors (Lipinski definition) is 4. The first-order chi connectivity index (χ1) is 9.89. The van der Waals surface area contributed by atoms with Crippen LogP contribution < -0.4 is 4.74 Å². The number of carboxylic acids is 1. The van der Waals surface area contributed by atoms with E-state index in [-0.39, 0.29) is 4.90 Å². The SMILES string of the molecule is CN(CC1CCC1)S(=O)(=O)c1ccc(OCC(=O)O)cc1. The van der Waals surface area contributed by atoms with E-state index in [1.807, 2.05) is 0 Å². The molecule has 0 aromatic heterocycles. The molecule has 1 saturated carbocycles. The monoisotopic (exact) mass is 313 g/mol. The van der Waals surface area contributed by atoms with Crippen molar-refractivity contribution in [2.45, 2.75) is 24.2 Å². The zero-order valence-electron chi connectivity index (χ0n) is 11.9. The first-order valence-electron chi connectivity index (χ1n) is 6.80. The third-order valence-electron chi connectivity index (χ3n) is 3.63. The molecule has 1 aromatic rings. The number of nitrogens with zero attached hydrogens (tertiary/aromatic N) is 1. The lowest BCUT2D eigenvalue weighted by Gasteiger charge is -2.29. The van der Waals surface area contributed by atoms with Crippen molar-refractivity contribution in [3.63, 3.8) is 0 Å². The summed E-state index contributed by atoms with van der Waals surface area (Å²) in [5.74, 6) is -0.284. The highest BCUT2D eigenvalue weighted by atomic mass is 32.2. The molecule has 2 rings (SSSR count). The minimum atomic E-state index is -3.50. The number of hydrogen-bond donors (Lipinski definition) is 1. The predicted molar refractivity (Wildman–Crippen MR) is 76.7 cm³/mol. The van der Waals surface area contributed by atoms with Crippen LogP contribution in [0.5, 0.6) is 5.75 Å². The quantitative estimate of drug-likeness (QED) is 0.826. The van der Waals surface area contributed by atoms with E-state index in [1.54, 1.807) is 7.05 Å². The van der Waals surface area contributed by atoms with Crippen LogP contribution >= 0.6 is 0 Å². The van der Waals surface area contributed by atoms with Gasteiger partial charge in [0, 0.05) is 13.6 Å².